The van der Waals surface area contributed by atoms with E-state index in [-0.39, 0.29) is 6.61 Å². The van der Waals surface area contributed by atoms with E-state index in [2.05, 4.69) is 36.8 Å². The highest BCUT2D eigenvalue weighted by atomic mass is 79.9. The Balaban J connectivity index is 2.05. The Labute approximate surface area is 148 Å². The second kappa shape index (κ2) is 6.29. The van der Waals surface area contributed by atoms with E-state index >= 15 is 0 Å². The van der Waals surface area contributed by atoms with Gasteiger partial charge in [-0.1, -0.05) is 0 Å². The maximum absolute atomic E-state index is 12.8. The van der Waals surface area contributed by atoms with E-state index in [1.807, 2.05) is 0 Å². The number of halogens is 2. The number of carbonyl (C=O) groups is 2. The van der Waals surface area contributed by atoms with Crippen LogP contribution in [0.15, 0.2) is 39.5 Å². The second-order valence-corrected chi connectivity index (χ2v) is 6.35. The summed E-state index contributed by atoms with van der Waals surface area (Å²) in [6, 6.07) is 4.82. The first-order valence-electron chi connectivity index (χ1n) is 6.50. The molecule has 0 radical (unpaired) electrons. The van der Waals surface area contributed by atoms with Crippen molar-refractivity contribution in [2.75, 3.05) is 18.6 Å². The molecule has 3 rings (SSSR count). The number of methoxy groups -OCH3 is 1. The van der Waals surface area contributed by atoms with Crippen LogP contribution in [-0.4, -0.2) is 30.5 Å². The van der Waals surface area contributed by atoms with Crippen molar-refractivity contribution >= 4 is 49.4 Å². The number of nitrogens with zero attached hydrogens (tertiary/aromatic N) is 2. The molecule has 1 aromatic carbocycles. The van der Waals surface area contributed by atoms with Gasteiger partial charge in [0.1, 0.15) is 17.2 Å². The third-order valence-corrected chi connectivity index (χ3v) is 4.43. The molecule has 0 bridgehead atoms. The van der Waals surface area contributed by atoms with E-state index < -0.39 is 11.8 Å². The van der Waals surface area contributed by atoms with E-state index in [4.69, 9.17) is 9.47 Å². The molecule has 8 heteroatoms. The summed E-state index contributed by atoms with van der Waals surface area (Å²) in [6.07, 6.45) is 2.97. The Morgan fingerprint density at radius 2 is 2.04 bits per heavy atom. The molecule has 118 valence electrons. The number of pyridine rings is 1. The number of hydrogen-bond donors (Lipinski definition) is 0. The zero-order chi connectivity index (χ0) is 16.6. The molecule has 0 saturated carbocycles. The summed E-state index contributed by atoms with van der Waals surface area (Å²) in [7, 11) is 1.53. The fourth-order valence-corrected chi connectivity index (χ4v) is 3.74. The van der Waals surface area contributed by atoms with Crippen molar-refractivity contribution in [1.82, 2.24) is 4.98 Å². The average molecular weight is 442 g/mol. The summed E-state index contributed by atoms with van der Waals surface area (Å²) in [5.41, 5.74) is 0.659. The van der Waals surface area contributed by atoms with E-state index in [0.717, 1.165) is 4.90 Å². The van der Waals surface area contributed by atoms with Crippen LogP contribution in [0.1, 0.15) is 10.4 Å². The monoisotopic (exact) mass is 440 g/mol. The number of hydrogen-bond acceptors (Lipinski definition) is 5. The second-order valence-electron chi connectivity index (χ2n) is 4.64. The quantitative estimate of drug-likeness (QED) is 0.669. The van der Waals surface area contributed by atoms with Gasteiger partial charge in [-0.3, -0.25) is 14.6 Å². The van der Waals surface area contributed by atoms with Gasteiger partial charge in [0.2, 0.25) is 0 Å². The first-order valence-corrected chi connectivity index (χ1v) is 8.08. The molecule has 6 nitrogen and oxygen atoms in total. The van der Waals surface area contributed by atoms with Crippen molar-refractivity contribution in [3.05, 3.63) is 45.1 Å². The zero-order valence-electron chi connectivity index (χ0n) is 11.9. The van der Waals surface area contributed by atoms with E-state index in [9.17, 15) is 9.59 Å². The molecule has 1 aliphatic rings. The lowest BCUT2D eigenvalue weighted by molar-refractivity contribution is -0.120. The highest BCUT2D eigenvalue weighted by Crippen LogP contribution is 2.36. The summed E-state index contributed by atoms with van der Waals surface area (Å²) < 4.78 is 11.7. The fraction of sp³-hybridized carbons (Fsp3) is 0.133. The fourth-order valence-electron chi connectivity index (χ4n) is 2.23. The molecule has 0 spiro atoms. The largest absolute Gasteiger partial charge is 0.494 e. The number of ether oxygens (including phenoxy) is 2. The Kier molecular flexibility index (Phi) is 4.36. The first kappa shape index (κ1) is 15.9. The summed E-state index contributed by atoms with van der Waals surface area (Å²) in [6.45, 7) is -0.193. The SMILES string of the molecule is COc1c(Br)cc(C(=O)N2C(=O)COc3ccncc32)cc1Br. The number of amides is 2. The molecule has 2 heterocycles. The average Bonchev–Trinajstić information content (AvgIpc) is 2.54. The summed E-state index contributed by atoms with van der Waals surface area (Å²) in [4.78, 5) is 30.0. The van der Waals surface area contributed by atoms with Crippen LogP contribution in [0, 0.1) is 0 Å². The van der Waals surface area contributed by atoms with Gasteiger partial charge in [-0.05, 0) is 44.0 Å². The predicted octanol–water partition coefficient (Wildman–Crippen LogP) is 3.18. The molecule has 0 saturated heterocycles. The van der Waals surface area contributed by atoms with E-state index in [0.29, 0.717) is 31.7 Å². The van der Waals surface area contributed by atoms with Gasteiger partial charge in [0.15, 0.2) is 6.61 Å². The number of fused-ring (bicyclic) bond motifs is 1. The number of imide groups is 1. The van der Waals surface area contributed by atoms with Gasteiger partial charge in [-0.2, -0.15) is 0 Å². The van der Waals surface area contributed by atoms with Gasteiger partial charge >= 0.3 is 0 Å². The maximum atomic E-state index is 12.8. The Hall–Kier alpha value is -1.93. The molecule has 1 aromatic heterocycles. The van der Waals surface area contributed by atoms with Crippen molar-refractivity contribution < 1.29 is 19.1 Å². The predicted molar refractivity (Wildman–Crippen MR) is 89.9 cm³/mol. The Morgan fingerprint density at radius 3 is 2.70 bits per heavy atom. The summed E-state index contributed by atoms with van der Waals surface area (Å²) >= 11 is 6.70. The van der Waals surface area contributed by atoms with Crippen molar-refractivity contribution in [3.8, 4) is 11.5 Å². The molecular formula is C15H10Br2N2O4. The topological polar surface area (TPSA) is 68.7 Å². The number of benzene rings is 1. The van der Waals surface area contributed by atoms with Crippen molar-refractivity contribution in [3.63, 3.8) is 0 Å². The maximum Gasteiger partial charge on any atom is 0.272 e. The third-order valence-electron chi connectivity index (χ3n) is 3.26. The van der Waals surface area contributed by atoms with Crippen LogP contribution < -0.4 is 14.4 Å². The summed E-state index contributed by atoms with van der Waals surface area (Å²) in [5.74, 6) is 0.103. The molecule has 2 amide bonds. The molecule has 2 aromatic rings. The smallest absolute Gasteiger partial charge is 0.272 e. The van der Waals surface area contributed by atoms with Crippen LogP contribution in [0.25, 0.3) is 0 Å². The van der Waals surface area contributed by atoms with Gasteiger partial charge in [0.05, 0.1) is 22.3 Å². The highest BCUT2D eigenvalue weighted by Gasteiger charge is 2.32. The molecule has 0 fully saturated rings. The molecule has 0 unspecified atom stereocenters. The van der Waals surface area contributed by atoms with Crippen molar-refractivity contribution in [2.45, 2.75) is 0 Å². The van der Waals surface area contributed by atoms with Crippen LogP contribution in [0.3, 0.4) is 0 Å². The van der Waals surface area contributed by atoms with Crippen LogP contribution >= 0.6 is 31.9 Å². The number of anilines is 1. The van der Waals surface area contributed by atoms with Gasteiger partial charge in [0.25, 0.3) is 11.8 Å². The minimum atomic E-state index is -0.461. The molecule has 23 heavy (non-hydrogen) atoms. The lowest BCUT2D eigenvalue weighted by Gasteiger charge is -2.27. The highest BCUT2D eigenvalue weighted by molar-refractivity contribution is 9.11. The number of rotatable bonds is 2. The van der Waals surface area contributed by atoms with Gasteiger partial charge in [-0.25, -0.2) is 4.90 Å². The lowest BCUT2D eigenvalue weighted by Crippen LogP contribution is -2.43. The molecular weight excluding hydrogens is 432 g/mol. The van der Waals surface area contributed by atoms with E-state index in [1.165, 1.54) is 19.5 Å². The normalized spacial score (nSPS) is 13.3. The Bertz CT molecular complexity index is 787. The molecule has 0 aliphatic carbocycles. The zero-order valence-corrected chi connectivity index (χ0v) is 15.0. The minimum Gasteiger partial charge on any atom is -0.494 e. The Morgan fingerprint density at radius 1 is 1.35 bits per heavy atom. The first-order chi connectivity index (χ1) is 11.0. The van der Waals surface area contributed by atoms with Crippen LogP contribution in [0.4, 0.5) is 5.69 Å². The van der Waals surface area contributed by atoms with Crippen LogP contribution in [0.2, 0.25) is 0 Å². The van der Waals surface area contributed by atoms with Crippen LogP contribution in [0.5, 0.6) is 11.5 Å². The number of aromatic nitrogens is 1. The van der Waals surface area contributed by atoms with Gasteiger partial charge in [-0.15, -0.1) is 0 Å². The van der Waals surface area contributed by atoms with Gasteiger partial charge < -0.3 is 9.47 Å². The third kappa shape index (κ3) is 2.84. The number of carbonyl (C=O) groups excluding carboxylic acids is 2. The van der Waals surface area contributed by atoms with E-state index in [1.54, 1.807) is 18.2 Å². The molecule has 0 atom stereocenters. The standard InChI is InChI=1S/C15H10Br2N2O4/c1-22-14-9(16)4-8(5-10(14)17)15(21)19-11-6-18-3-2-12(11)23-7-13(19)20/h2-6H,7H2,1H3. The molecule has 0 N–H and O–H groups in total. The minimum absolute atomic E-state index is 0.193. The van der Waals surface area contributed by atoms with Crippen LogP contribution in [-0.2, 0) is 4.79 Å². The van der Waals surface area contributed by atoms with Crippen molar-refractivity contribution in [1.29, 1.82) is 0 Å². The van der Waals surface area contributed by atoms with Crippen molar-refractivity contribution in [2.24, 2.45) is 0 Å². The summed E-state index contributed by atoms with van der Waals surface area (Å²) in [5, 5.41) is 0. The van der Waals surface area contributed by atoms with Gasteiger partial charge in [0, 0.05) is 17.8 Å². The molecule has 1 aliphatic heterocycles. The lowest BCUT2D eigenvalue weighted by atomic mass is 10.1.